The van der Waals surface area contributed by atoms with Crippen molar-refractivity contribution >= 4 is 23.4 Å². The monoisotopic (exact) mass is 265 g/mol. The molecule has 1 atom stereocenters. The van der Waals surface area contributed by atoms with Crippen LogP contribution in [0.3, 0.4) is 0 Å². The molecule has 0 aliphatic heterocycles. The molecule has 0 amide bonds. The van der Waals surface area contributed by atoms with Crippen molar-refractivity contribution in [2.45, 2.75) is 22.8 Å². The Morgan fingerprint density at radius 3 is 2.59 bits per heavy atom. The predicted molar refractivity (Wildman–Crippen MR) is 70.4 cm³/mol. The van der Waals surface area contributed by atoms with Gasteiger partial charge in [0.25, 0.3) is 0 Å². The van der Waals surface area contributed by atoms with E-state index in [1.165, 1.54) is 0 Å². The Hall–Kier alpha value is -1.03. The van der Waals surface area contributed by atoms with Crippen LogP contribution in [-0.4, -0.2) is 10.1 Å². The van der Waals surface area contributed by atoms with Crippen LogP contribution in [-0.2, 0) is 0 Å². The number of rotatable bonds is 3. The first kappa shape index (κ1) is 12.4. The molecule has 2 nitrogen and oxygen atoms in total. The molecule has 0 spiro atoms. The number of aliphatic hydroxyl groups excluding tert-OH is 1. The number of benzene rings is 1. The molecule has 2 rings (SSSR count). The number of hydrogen-bond acceptors (Lipinski definition) is 3. The van der Waals surface area contributed by atoms with E-state index in [4.69, 9.17) is 11.6 Å². The molecular formula is C13H12ClNOS. The molecule has 1 aromatic heterocycles. The maximum absolute atomic E-state index is 9.36. The fraction of sp³-hybridized carbons (Fsp3) is 0.154. The lowest BCUT2D eigenvalue weighted by Crippen LogP contribution is -1.94. The Balaban J connectivity index is 2.17. The topological polar surface area (TPSA) is 33.1 Å². The lowest BCUT2D eigenvalue weighted by Gasteiger charge is -2.06. The van der Waals surface area contributed by atoms with Crippen molar-refractivity contribution in [1.82, 2.24) is 4.98 Å². The number of hydrogen-bond donors (Lipinski definition) is 1. The van der Waals surface area contributed by atoms with Crippen LogP contribution in [0.5, 0.6) is 0 Å². The number of aromatic nitrogens is 1. The lowest BCUT2D eigenvalue weighted by atomic mass is 10.2. The molecule has 1 N–H and O–H groups in total. The van der Waals surface area contributed by atoms with Crippen molar-refractivity contribution < 1.29 is 5.11 Å². The molecule has 88 valence electrons. The molecule has 0 saturated heterocycles. The molecule has 0 saturated carbocycles. The zero-order chi connectivity index (χ0) is 12.3. The Kier molecular flexibility index (Phi) is 4.05. The van der Waals surface area contributed by atoms with Crippen LogP contribution >= 0.6 is 23.4 Å². The number of aliphatic hydroxyl groups is 1. The summed E-state index contributed by atoms with van der Waals surface area (Å²) in [6.45, 7) is 1.70. The predicted octanol–water partition coefficient (Wildman–Crippen LogP) is 3.94. The third kappa shape index (κ3) is 3.22. The van der Waals surface area contributed by atoms with E-state index in [1.807, 2.05) is 36.4 Å². The van der Waals surface area contributed by atoms with Gasteiger partial charge in [-0.2, -0.15) is 0 Å². The van der Waals surface area contributed by atoms with Crippen LogP contribution in [0.25, 0.3) is 0 Å². The quantitative estimate of drug-likeness (QED) is 0.913. The Labute approximate surface area is 110 Å². The highest BCUT2D eigenvalue weighted by molar-refractivity contribution is 7.99. The summed E-state index contributed by atoms with van der Waals surface area (Å²) < 4.78 is 0. The molecule has 0 fully saturated rings. The van der Waals surface area contributed by atoms with E-state index in [2.05, 4.69) is 4.98 Å². The molecule has 17 heavy (non-hydrogen) atoms. The summed E-state index contributed by atoms with van der Waals surface area (Å²) in [6.07, 6.45) is 1.21. The minimum atomic E-state index is -0.533. The fourth-order valence-corrected chi connectivity index (χ4v) is 2.41. The van der Waals surface area contributed by atoms with E-state index in [0.29, 0.717) is 5.69 Å². The van der Waals surface area contributed by atoms with Crippen molar-refractivity contribution in [1.29, 1.82) is 0 Å². The Morgan fingerprint density at radius 2 is 2.00 bits per heavy atom. The van der Waals surface area contributed by atoms with Crippen molar-refractivity contribution in [3.8, 4) is 0 Å². The third-order valence-corrected chi connectivity index (χ3v) is 3.75. The average Bonchev–Trinajstić information content (AvgIpc) is 2.33. The summed E-state index contributed by atoms with van der Waals surface area (Å²) in [6, 6.07) is 11.4. The first-order valence-corrected chi connectivity index (χ1v) is 6.42. The van der Waals surface area contributed by atoms with Gasteiger partial charge in [0.1, 0.15) is 0 Å². The van der Waals surface area contributed by atoms with Gasteiger partial charge in [-0.3, -0.25) is 4.98 Å². The average molecular weight is 266 g/mol. The Bertz CT molecular complexity index is 499. The molecule has 2 aromatic rings. The first-order valence-electron chi connectivity index (χ1n) is 5.23. The minimum Gasteiger partial charge on any atom is -0.387 e. The molecule has 0 aliphatic carbocycles. The van der Waals surface area contributed by atoms with Gasteiger partial charge in [0.05, 0.1) is 16.8 Å². The molecule has 1 heterocycles. The van der Waals surface area contributed by atoms with Gasteiger partial charge in [0.2, 0.25) is 0 Å². The summed E-state index contributed by atoms with van der Waals surface area (Å²) >= 11 is 7.63. The van der Waals surface area contributed by atoms with Crippen molar-refractivity contribution in [2.75, 3.05) is 0 Å². The highest BCUT2D eigenvalue weighted by Gasteiger charge is 2.04. The smallest absolute Gasteiger partial charge is 0.0931 e. The van der Waals surface area contributed by atoms with E-state index in [9.17, 15) is 5.11 Å². The van der Waals surface area contributed by atoms with Crippen LogP contribution in [0.2, 0.25) is 5.02 Å². The second kappa shape index (κ2) is 5.54. The number of nitrogens with zero attached hydrogens (tertiary/aromatic N) is 1. The SMILES string of the molecule is CC(O)c1ccc(Sc2ccccc2Cl)cn1. The van der Waals surface area contributed by atoms with Crippen LogP contribution in [0.4, 0.5) is 0 Å². The minimum absolute atomic E-state index is 0.533. The van der Waals surface area contributed by atoms with Crippen LogP contribution in [0, 0.1) is 0 Å². The van der Waals surface area contributed by atoms with E-state index in [-0.39, 0.29) is 0 Å². The highest BCUT2D eigenvalue weighted by Crippen LogP contribution is 2.32. The molecule has 1 aromatic carbocycles. The number of pyridine rings is 1. The van der Waals surface area contributed by atoms with Gasteiger partial charge >= 0.3 is 0 Å². The second-order valence-corrected chi connectivity index (χ2v) is 5.15. The van der Waals surface area contributed by atoms with Crippen LogP contribution < -0.4 is 0 Å². The second-order valence-electron chi connectivity index (χ2n) is 3.63. The molecule has 4 heteroatoms. The third-order valence-electron chi connectivity index (χ3n) is 2.25. The van der Waals surface area contributed by atoms with Crippen LogP contribution in [0.15, 0.2) is 52.4 Å². The largest absolute Gasteiger partial charge is 0.387 e. The first-order chi connectivity index (χ1) is 8.16. The molecule has 0 radical (unpaired) electrons. The summed E-state index contributed by atoms with van der Waals surface area (Å²) in [5, 5.41) is 10.1. The molecular weight excluding hydrogens is 254 g/mol. The summed E-state index contributed by atoms with van der Waals surface area (Å²) in [4.78, 5) is 6.19. The zero-order valence-electron chi connectivity index (χ0n) is 9.30. The molecule has 0 aliphatic rings. The molecule has 1 unspecified atom stereocenters. The summed E-state index contributed by atoms with van der Waals surface area (Å²) in [5.41, 5.74) is 0.675. The normalized spacial score (nSPS) is 12.4. The van der Waals surface area contributed by atoms with Gasteiger partial charge in [-0.05, 0) is 31.2 Å². The summed E-state index contributed by atoms with van der Waals surface area (Å²) in [5.74, 6) is 0. The maximum atomic E-state index is 9.36. The lowest BCUT2D eigenvalue weighted by molar-refractivity contribution is 0.194. The maximum Gasteiger partial charge on any atom is 0.0931 e. The Morgan fingerprint density at radius 1 is 1.24 bits per heavy atom. The van der Waals surface area contributed by atoms with Gasteiger partial charge in [-0.1, -0.05) is 35.5 Å². The van der Waals surface area contributed by atoms with Crippen molar-refractivity contribution in [2.24, 2.45) is 0 Å². The van der Waals surface area contributed by atoms with E-state index in [0.717, 1.165) is 14.8 Å². The standard InChI is InChI=1S/C13H12ClNOS/c1-9(16)12-7-6-10(8-15-12)17-13-5-3-2-4-11(13)14/h2-9,16H,1H3. The number of halogens is 1. The van der Waals surface area contributed by atoms with Gasteiger partial charge in [0.15, 0.2) is 0 Å². The fourth-order valence-electron chi connectivity index (χ4n) is 1.35. The van der Waals surface area contributed by atoms with Crippen molar-refractivity contribution in [3.63, 3.8) is 0 Å². The summed E-state index contributed by atoms with van der Waals surface area (Å²) in [7, 11) is 0. The van der Waals surface area contributed by atoms with Gasteiger partial charge in [-0.25, -0.2) is 0 Å². The zero-order valence-corrected chi connectivity index (χ0v) is 10.9. The van der Waals surface area contributed by atoms with E-state index >= 15 is 0 Å². The highest BCUT2D eigenvalue weighted by atomic mass is 35.5. The van der Waals surface area contributed by atoms with E-state index < -0.39 is 6.10 Å². The van der Waals surface area contributed by atoms with Crippen LogP contribution in [0.1, 0.15) is 18.7 Å². The van der Waals surface area contributed by atoms with Gasteiger partial charge < -0.3 is 5.11 Å². The molecule has 0 bridgehead atoms. The van der Waals surface area contributed by atoms with E-state index in [1.54, 1.807) is 24.9 Å². The van der Waals surface area contributed by atoms with Crippen molar-refractivity contribution in [3.05, 3.63) is 53.3 Å². The van der Waals surface area contributed by atoms with Gasteiger partial charge in [-0.15, -0.1) is 0 Å². The van der Waals surface area contributed by atoms with Gasteiger partial charge in [0, 0.05) is 16.0 Å².